The monoisotopic (exact) mass is 547 g/mol. The van der Waals surface area contributed by atoms with Crippen molar-refractivity contribution in [2.24, 2.45) is 0 Å². The van der Waals surface area contributed by atoms with E-state index in [-0.39, 0.29) is 58.9 Å². The first-order chi connectivity index (χ1) is 17.3. The van der Waals surface area contributed by atoms with E-state index in [2.05, 4.69) is 38.8 Å². The molecule has 0 radical (unpaired) electrons. The molecule has 0 bridgehead atoms. The highest BCUT2D eigenvalue weighted by molar-refractivity contribution is 6.74. The van der Waals surface area contributed by atoms with Gasteiger partial charge in [0.05, 0.1) is 12.1 Å². The molecule has 0 saturated carbocycles. The molecular weight excluding hydrogens is 513 g/mol. The molecule has 0 aliphatic carbocycles. The molecule has 1 saturated heterocycles. The standard InChI is InChI=1S/C27H35ClFN3O4Si/c1-17-16-35-25-22(32(17)23(33)13-28)12-19(11-18-7-9-20(29)10-8-18)24(30-25)26(34)31-14-21(15-31)36-37(5,6)27(2,3)4/h7-10,12,17,21H,11,13-16H2,1-6H3/t17-/m0/s1. The number of aromatic nitrogens is 1. The summed E-state index contributed by atoms with van der Waals surface area (Å²) in [5.74, 6) is -0.759. The molecule has 0 spiro atoms. The highest BCUT2D eigenvalue weighted by Crippen LogP contribution is 2.39. The van der Waals surface area contributed by atoms with Crippen molar-refractivity contribution in [3.8, 4) is 5.88 Å². The Morgan fingerprint density at radius 1 is 1.22 bits per heavy atom. The Hall–Kier alpha value is -2.49. The zero-order valence-corrected chi connectivity index (χ0v) is 24.1. The summed E-state index contributed by atoms with van der Waals surface area (Å²) in [6.07, 6.45) is 0.341. The Labute approximate surface area is 224 Å². The van der Waals surface area contributed by atoms with Crippen molar-refractivity contribution >= 4 is 37.4 Å². The van der Waals surface area contributed by atoms with E-state index in [4.69, 9.17) is 20.8 Å². The van der Waals surface area contributed by atoms with Gasteiger partial charge >= 0.3 is 0 Å². The Morgan fingerprint density at radius 3 is 2.46 bits per heavy atom. The molecular formula is C27H35ClFN3O4Si. The van der Waals surface area contributed by atoms with Crippen LogP contribution >= 0.6 is 11.6 Å². The second-order valence-corrected chi connectivity index (χ2v) is 16.4. The average Bonchev–Trinajstić information content (AvgIpc) is 2.80. The van der Waals surface area contributed by atoms with Gasteiger partial charge in [-0.25, -0.2) is 9.37 Å². The maximum atomic E-state index is 13.6. The van der Waals surface area contributed by atoms with Crippen molar-refractivity contribution in [2.45, 2.75) is 64.4 Å². The highest BCUT2D eigenvalue weighted by Gasteiger charge is 2.43. The van der Waals surface area contributed by atoms with Crippen molar-refractivity contribution in [1.82, 2.24) is 9.88 Å². The van der Waals surface area contributed by atoms with Gasteiger partial charge in [-0.3, -0.25) is 9.59 Å². The number of halogens is 2. The first-order valence-electron chi connectivity index (χ1n) is 12.6. The number of amides is 2. The molecule has 2 aliphatic rings. The van der Waals surface area contributed by atoms with Gasteiger partial charge in [-0.2, -0.15) is 0 Å². The van der Waals surface area contributed by atoms with E-state index in [9.17, 15) is 14.0 Å². The molecule has 2 amide bonds. The Morgan fingerprint density at radius 2 is 1.86 bits per heavy atom. The minimum atomic E-state index is -1.95. The molecule has 2 aromatic rings. The van der Waals surface area contributed by atoms with Crippen LogP contribution in [0, 0.1) is 5.82 Å². The van der Waals surface area contributed by atoms with E-state index >= 15 is 0 Å². The fourth-order valence-electron chi connectivity index (χ4n) is 4.32. The van der Waals surface area contributed by atoms with Crippen LogP contribution in [0.1, 0.15) is 49.3 Å². The maximum absolute atomic E-state index is 13.6. The van der Waals surface area contributed by atoms with Crippen LogP contribution in [0.3, 0.4) is 0 Å². The van der Waals surface area contributed by atoms with E-state index in [1.54, 1.807) is 28.0 Å². The van der Waals surface area contributed by atoms with E-state index < -0.39 is 8.32 Å². The van der Waals surface area contributed by atoms with Crippen LogP contribution in [0.5, 0.6) is 5.88 Å². The zero-order chi connectivity index (χ0) is 27.1. The molecule has 7 nitrogen and oxygen atoms in total. The largest absolute Gasteiger partial charge is 0.474 e. The number of ether oxygens (including phenoxy) is 1. The predicted molar refractivity (Wildman–Crippen MR) is 145 cm³/mol. The molecule has 2 aliphatic heterocycles. The van der Waals surface area contributed by atoms with Crippen molar-refractivity contribution in [2.75, 3.05) is 30.5 Å². The average molecular weight is 548 g/mol. The summed E-state index contributed by atoms with van der Waals surface area (Å²) in [6.45, 7) is 14.1. The van der Waals surface area contributed by atoms with Gasteiger partial charge in [0.1, 0.15) is 29.7 Å². The third-order valence-corrected chi connectivity index (χ3v) is 12.3. The number of rotatable bonds is 6. The van der Waals surface area contributed by atoms with Crippen LogP contribution in [0.4, 0.5) is 10.1 Å². The molecule has 200 valence electrons. The second-order valence-electron chi connectivity index (χ2n) is 11.4. The Kier molecular flexibility index (Phi) is 7.70. The molecule has 1 aromatic carbocycles. The lowest BCUT2D eigenvalue weighted by Crippen LogP contribution is -2.59. The normalized spacial score (nSPS) is 18.2. The summed E-state index contributed by atoms with van der Waals surface area (Å²) in [5.41, 5.74) is 2.21. The number of alkyl halides is 1. The summed E-state index contributed by atoms with van der Waals surface area (Å²) in [6, 6.07) is 7.67. The first-order valence-corrected chi connectivity index (χ1v) is 16.0. The van der Waals surface area contributed by atoms with Gasteiger partial charge in [-0.1, -0.05) is 32.9 Å². The lowest BCUT2D eigenvalue weighted by atomic mass is 10.00. The number of carbonyl (C=O) groups is 2. The summed E-state index contributed by atoms with van der Waals surface area (Å²) >= 11 is 5.88. The molecule has 1 fully saturated rings. The molecule has 0 unspecified atom stereocenters. The number of benzene rings is 1. The van der Waals surface area contributed by atoms with E-state index in [0.717, 1.165) is 5.56 Å². The maximum Gasteiger partial charge on any atom is 0.273 e. The summed E-state index contributed by atoms with van der Waals surface area (Å²) in [7, 11) is -1.95. The third kappa shape index (κ3) is 5.68. The molecule has 37 heavy (non-hydrogen) atoms. The number of likely N-dealkylation sites (tertiary alicyclic amines) is 1. The van der Waals surface area contributed by atoms with Gasteiger partial charge in [-0.15, -0.1) is 11.6 Å². The molecule has 1 atom stereocenters. The lowest BCUT2D eigenvalue weighted by molar-refractivity contribution is -0.117. The van der Waals surface area contributed by atoms with Crippen LogP contribution in [0.15, 0.2) is 30.3 Å². The third-order valence-electron chi connectivity index (χ3n) is 7.51. The molecule has 1 aromatic heterocycles. The van der Waals surface area contributed by atoms with E-state index in [0.29, 0.717) is 30.8 Å². The Balaban J connectivity index is 1.64. The van der Waals surface area contributed by atoms with Gasteiger partial charge in [-0.05, 0) is 60.8 Å². The first kappa shape index (κ1) is 27.5. The van der Waals surface area contributed by atoms with Crippen molar-refractivity contribution in [3.05, 3.63) is 53.0 Å². The van der Waals surface area contributed by atoms with Crippen LogP contribution in [0.2, 0.25) is 18.1 Å². The van der Waals surface area contributed by atoms with Crippen LogP contribution in [-0.4, -0.2) is 67.7 Å². The van der Waals surface area contributed by atoms with Crippen LogP contribution < -0.4 is 9.64 Å². The summed E-state index contributed by atoms with van der Waals surface area (Å²) in [4.78, 5) is 34.2. The fourth-order valence-corrected chi connectivity index (χ4v) is 5.79. The van der Waals surface area contributed by atoms with Crippen molar-refractivity contribution < 1.29 is 23.1 Å². The minimum absolute atomic E-state index is 0.00282. The summed E-state index contributed by atoms with van der Waals surface area (Å²) in [5, 5.41) is 0.0839. The van der Waals surface area contributed by atoms with E-state index in [1.807, 2.05) is 6.92 Å². The van der Waals surface area contributed by atoms with E-state index in [1.165, 1.54) is 12.1 Å². The second kappa shape index (κ2) is 10.3. The van der Waals surface area contributed by atoms with Crippen LogP contribution in [0.25, 0.3) is 0 Å². The minimum Gasteiger partial charge on any atom is -0.474 e. The number of hydrogen-bond acceptors (Lipinski definition) is 5. The number of pyridine rings is 1. The van der Waals surface area contributed by atoms with Gasteiger partial charge in [0.2, 0.25) is 11.8 Å². The molecule has 4 rings (SSSR count). The number of fused-ring (bicyclic) bond motifs is 1. The predicted octanol–water partition coefficient (Wildman–Crippen LogP) is 5.01. The van der Waals surface area contributed by atoms with Gasteiger partial charge in [0.15, 0.2) is 8.32 Å². The lowest BCUT2D eigenvalue weighted by Gasteiger charge is -2.46. The number of carbonyl (C=O) groups excluding carboxylic acids is 2. The fraction of sp³-hybridized carbons (Fsp3) is 0.519. The topological polar surface area (TPSA) is 72.0 Å². The number of anilines is 1. The van der Waals surface area contributed by atoms with Gasteiger partial charge in [0.25, 0.3) is 5.91 Å². The number of hydrogen-bond donors (Lipinski definition) is 0. The van der Waals surface area contributed by atoms with Crippen molar-refractivity contribution in [1.29, 1.82) is 0 Å². The SMILES string of the molecule is C[C@H]1COc2nc(C(=O)N3CC(O[Si](C)(C)C(C)(C)C)C3)c(Cc3ccc(F)cc3)cc2N1C(=O)CCl. The highest BCUT2D eigenvalue weighted by atomic mass is 35.5. The van der Waals surface area contributed by atoms with Gasteiger partial charge in [0, 0.05) is 13.1 Å². The molecule has 0 N–H and O–H groups in total. The zero-order valence-electron chi connectivity index (χ0n) is 22.3. The molecule has 10 heteroatoms. The van der Waals surface area contributed by atoms with Gasteiger partial charge < -0.3 is 19.0 Å². The Bertz CT molecular complexity index is 1180. The van der Waals surface area contributed by atoms with Crippen LogP contribution in [-0.2, 0) is 15.6 Å². The molecule has 3 heterocycles. The quantitative estimate of drug-likeness (QED) is 0.375. The smallest absolute Gasteiger partial charge is 0.273 e. The van der Waals surface area contributed by atoms with Crippen molar-refractivity contribution in [3.63, 3.8) is 0 Å². The number of nitrogens with zero attached hydrogens (tertiary/aromatic N) is 3. The summed E-state index contributed by atoms with van der Waals surface area (Å²) < 4.78 is 25.8.